The molecule has 2 nitrogen and oxygen atoms in total. The first kappa shape index (κ1) is 11.0. The second-order valence-electron chi connectivity index (χ2n) is 2.52. The monoisotopic (exact) mass is 238 g/mol. The summed E-state index contributed by atoms with van der Waals surface area (Å²) in [6, 6.07) is -0.497. The molecule has 0 aliphatic rings. The van der Waals surface area contributed by atoms with Crippen molar-refractivity contribution >= 4 is 16.0 Å². The van der Waals surface area contributed by atoms with E-state index in [1.54, 1.807) is 0 Å². The SMILES string of the molecule is Nc1cc(S(F)(F)(F)(F)F)cc(F)n1. The van der Waals surface area contributed by atoms with Gasteiger partial charge in [0.2, 0.25) is 5.95 Å². The molecule has 0 amide bonds. The number of nitrogen functional groups attached to an aromatic ring is 1. The van der Waals surface area contributed by atoms with Crippen LogP contribution in [0.2, 0.25) is 0 Å². The van der Waals surface area contributed by atoms with Gasteiger partial charge in [-0.05, 0) is 0 Å². The van der Waals surface area contributed by atoms with E-state index in [2.05, 4.69) is 4.98 Å². The van der Waals surface area contributed by atoms with Gasteiger partial charge in [-0.2, -0.15) is 4.39 Å². The number of hydrogen-bond donors (Lipinski definition) is 1. The fourth-order valence-electron chi connectivity index (χ4n) is 0.715. The zero-order valence-corrected chi connectivity index (χ0v) is 7.17. The van der Waals surface area contributed by atoms with E-state index in [0.29, 0.717) is 0 Å². The van der Waals surface area contributed by atoms with Gasteiger partial charge in [0.05, 0.1) is 0 Å². The summed E-state index contributed by atoms with van der Waals surface area (Å²) in [7, 11) is -9.86. The minimum Gasteiger partial charge on any atom is -0.384 e. The van der Waals surface area contributed by atoms with Crippen LogP contribution >= 0.6 is 10.2 Å². The lowest BCUT2D eigenvalue weighted by Crippen LogP contribution is -2.08. The molecule has 9 heteroatoms. The highest BCUT2D eigenvalue weighted by Gasteiger charge is 2.65. The minimum atomic E-state index is -9.86. The normalized spacial score (nSPS) is 17.3. The van der Waals surface area contributed by atoms with Gasteiger partial charge in [0.25, 0.3) is 0 Å². The van der Waals surface area contributed by atoms with Crippen LogP contribution < -0.4 is 5.73 Å². The Morgan fingerprint density at radius 2 is 1.57 bits per heavy atom. The molecule has 0 saturated carbocycles. The Morgan fingerprint density at radius 3 is 1.93 bits per heavy atom. The van der Waals surface area contributed by atoms with Gasteiger partial charge < -0.3 is 5.73 Å². The molecule has 0 fully saturated rings. The van der Waals surface area contributed by atoms with Crippen LogP contribution in [0.5, 0.6) is 0 Å². The van der Waals surface area contributed by atoms with Gasteiger partial charge in [-0.15, -0.1) is 0 Å². The van der Waals surface area contributed by atoms with Gasteiger partial charge in [-0.25, -0.2) is 4.98 Å². The highest BCUT2D eigenvalue weighted by atomic mass is 32.5. The molecule has 0 aliphatic carbocycles. The summed E-state index contributed by atoms with van der Waals surface area (Å²) in [4.78, 5) is 0.327. The van der Waals surface area contributed by atoms with Crippen molar-refractivity contribution < 1.29 is 23.8 Å². The number of nitrogens with zero attached hydrogens (tertiary/aromatic N) is 1. The van der Waals surface area contributed by atoms with E-state index < -0.39 is 33.0 Å². The minimum absolute atomic E-state index is 0.107. The van der Waals surface area contributed by atoms with Gasteiger partial charge in [-0.3, -0.25) is 0 Å². The second-order valence-corrected chi connectivity index (χ2v) is 4.93. The van der Waals surface area contributed by atoms with Crippen molar-refractivity contribution in [1.29, 1.82) is 0 Å². The Hall–Kier alpha value is -1.12. The molecule has 1 heterocycles. The first-order valence-corrected chi connectivity index (χ1v) is 5.01. The number of nitrogens with two attached hydrogens (primary N) is 1. The van der Waals surface area contributed by atoms with E-state index in [-0.39, 0.29) is 6.07 Å². The molecule has 0 aliphatic heterocycles. The zero-order valence-electron chi connectivity index (χ0n) is 6.36. The summed E-state index contributed by atoms with van der Waals surface area (Å²) in [5.74, 6) is -2.65. The molecule has 0 spiro atoms. The zero-order chi connectivity index (χ0) is 11.3. The van der Waals surface area contributed by atoms with E-state index in [9.17, 15) is 23.8 Å². The topological polar surface area (TPSA) is 38.9 Å². The summed E-state index contributed by atoms with van der Waals surface area (Å²) >= 11 is 0. The molecule has 0 unspecified atom stereocenters. The number of rotatable bonds is 1. The molecular weight excluding hydrogens is 234 g/mol. The highest BCUT2D eigenvalue weighted by Crippen LogP contribution is 3.02. The lowest BCUT2D eigenvalue weighted by molar-refractivity contribution is 0.362. The first-order valence-electron chi connectivity index (χ1n) is 3.06. The maximum Gasteiger partial charge on any atom is 0.310 e. The summed E-state index contributed by atoms with van der Waals surface area (Å²) in [5, 5.41) is 0. The molecule has 1 aromatic heterocycles. The van der Waals surface area contributed by atoms with E-state index in [1.165, 1.54) is 0 Å². The van der Waals surface area contributed by atoms with Crippen LogP contribution in [0.1, 0.15) is 0 Å². The molecule has 2 N–H and O–H groups in total. The smallest absolute Gasteiger partial charge is 0.310 e. The van der Waals surface area contributed by atoms with Crippen LogP contribution in [-0.2, 0) is 0 Å². The summed E-state index contributed by atoms with van der Waals surface area (Å²) in [5.41, 5.74) is 4.71. The van der Waals surface area contributed by atoms with E-state index in [4.69, 9.17) is 5.73 Å². The molecule has 14 heavy (non-hydrogen) atoms. The lowest BCUT2D eigenvalue weighted by Gasteiger charge is -2.40. The molecule has 0 atom stereocenters. The van der Waals surface area contributed by atoms with Crippen molar-refractivity contribution in [3.63, 3.8) is 0 Å². The maximum absolute atomic E-state index is 12.3. The largest absolute Gasteiger partial charge is 0.384 e. The van der Waals surface area contributed by atoms with Crippen LogP contribution in [0.4, 0.5) is 29.6 Å². The molecule has 0 saturated heterocycles. The van der Waals surface area contributed by atoms with Crippen molar-refractivity contribution in [2.45, 2.75) is 4.90 Å². The Morgan fingerprint density at radius 1 is 1.07 bits per heavy atom. The number of hydrogen-bond acceptors (Lipinski definition) is 2. The van der Waals surface area contributed by atoms with Crippen LogP contribution in [0.3, 0.4) is 0 Å². The van der Waals surface area contributed by atoms with Gasteiger partial charge in [0.1, 0.15) is 10.7 Å². The van der Waals surface area contributed by atoms with E-state index in [1.807, 2.05) is 0 Å². The Bertz CT molecular complexity index is 364. The third-order valence-corrected chi connectivity index (χ3v) is 2.36. The molecule has 1 aromatic rings. The molecular formula is C5H4F6N2S. The van der Waals surface area contributed by atoms with Crippen LogP contribution in [-0.4, -0.2) is 4.98 Å². The van der Waals surface area contributed by atoms with Crippen molar-refractivity contribution in [2.75, 3.05) is 5.73 Å². The first-order chi connectivity index (χ1) is 5.88. The quantitative estimate of drug-likeness (QED) is 0.601. The van der Waals surface area contributed by atoms with Crippen molar-refractivity contribution in [3.05, 3.63) is 18.1 Å². The third kappa shape index (κ3) is 2.44. The molecule has 1 rings (SSSR count). The second kappa shape index (κ2) is 2.10. The molecule has 82 valence electrons. The maximum atomic E-state index is 12.3. The van der Waals surface area contributed by atoms with Crippen molar-refractivity contribution in [1.82, 2.24) is 4.98 Å². The number of anilines is 1. The third-order valence-electron chi connectivity index (χ3n) is 1.23. The van der Waals surface area contributed by atoms with Gasteiger partial charge in [-0.1, -0.05) is 19.4 Å². The summed E-state index contributed by atoms with van der Waals surface area (Å²) in [6.07, 6.45) is 0. The predicted molar refractivity (Wildman–Crippen MR) is 40.0 cm³/mol. The molecule has 0 bridgehead atoms. The average molecular weight is 238 g/mol. The fraction of sp³-hybridized carbons (Fsp3) is 0. The highest BCUT2D eigenvalue weighted by molar-refractivity contribution is 8.45. The van der Waals surface area contributed by atoms with Crippen molar-refractivity contribution in [2.24, 2.45) is 0 Å². The summed E-state index contributed by atoms with van der Waals surface area (Å²) < 4.78 is 72.6. The number of aromatic nitrogens is 1. The Labute approximate surface area is 74.5 Å². The standard InChI is InChI=1S/C5H4F6N2S/c6-4-1-3(2-5(12)13-4)14(7,8,9,10)11/h1-2H,(H2,12,13). The Kier molecular flexibility index (Phi) is 1.64. The molecule has 0 radical (unpaired) electrons. The van der Waals surface area contributed by atoms with Crippen molar-refractivity contribution in [3.8, 4) is 0 Å². The summed E-state index contributed by atoms with van der Waals surface area (Å²) in [6.45, 7) is 0. The van der Waals surface area contributed by atoms with E-state index in [0.717, 1.165) is 0 Å². The fourth-order valence-corrected chi connectivity index (χ4v) is 1.38. The number of pyridine rings is 1. The predicted octanol–water partition coefficient (Wildman–Crippen LogP) is 3.46. The average Bonchev–Trinajstić information content (AvgIpc) is 1.78. The van der Waals surface area contributed by atoms with Crippen LogP contribution in [0.15, 0.2) is 17.0 Å². The van der Waals surface area contributed by atoms with Crippen LogP contribution in [0, 0.1) is 5.95 Å². The number of halogens is 6. The van der Waals surface area contributed by atoms with Gasteiger partial charge >= 0.3 is 10.2 Å². The van der Waals surface area contributed by atoms with E-state index >= 15 is 0 Å². The lowest BCUT2D eigenvalue weighted by atomic mass is 10.5. The Balaban J connectivity index is 3.50. The van der Waals surface area contributed by atoms with Gasteiger partial charge in [0, 0.05) is 12.1 Å². The van der Waals surface area contributed by atoms with Crippen LogP contribution in [0.25, 0.3) is 0 Å². The van der Waals surface area contributed by atoms with Gasteiger partial charge in [0.15, 0.2) is 0 Å². The molecule has 0 aromatic carbocycles.